The SMILES string of the molecule is Nc1nc(O/N=C2\CCc3ccccc32)ncc1F. The standard InChI is InChI=1S/C13H11FN4O/c14-10-7-16-13(17-12(10)15)19-18-11-6-5-8-3-1-2-4-9(8)11/h1-4,7H,5-6H2,(H2,15,16,17)/b18-11+. The zero-order chi connectivity index (χ0) is 13.2. The monoisotopic (exact) mass is 258 g/mol. The van der Waals surface area contributed by atoms with E-state index in [0.29, 0.717) is 0 Å². The third-order valence-corrected chi connectivity index (χ3v) is 2.95. The van der Waals surface area contributed by atoms with Gasteiger partial charge < -0.3 is 10.6 Å². The van der Waals surface area contributed by atoms with Crippen LogP contribution in [0.3, 0.4) is 0 Å². The number of anilines is 1. The number of oxime groups is 1. The second kappa shape index (κ2) is 4.64. The van der Waals surface area contributed by atoms with Gasteiger partial charge in [0.1, 0.15) is 0 Å². The van der Waals surface area contributed by atoms with Crippen molar-refractivity contribution in [3.8, 4) is 6.01 Å². The minimum atomic E-state index is -0.675. The highest BCUT2D eigenvalue weighted by atomic mass is 19.1. The predicted molar refractivity (Wildman–Crippen MR) is 68.3 cm³/mol. The van der Waals surface area contributed by atoms with E-state index >= 15 is 0 Å². The molecule has 0 bridgehead atoms. The molecule has 0 saturated carbocycles. The molecule has 0 saturated heterocycles. The molecule has 0 spiro atoms. The number of rotatable bonds is 2. The minimum absolute atomic E-state index is 0.0595. The molecule has 1 aromatic heterocycles. The number of nitrogens with zero attached hydrogens (tertiary/aromatic N) is 3. The van der Waals surface area contributed by atoms with E-state index in [-0.39, 0.29) is 11.8 Å². The molecule has 1 heterocycles. The van der Waals surface area contributed by atoms with Gasteiger partial charge in [0.05, 0.1) is 11.9 Å². The van der Waals surface area contributed by atoms with Crippen LogP contribution in [0.5, 0.6) is 6.01 Å². The highest BCUT2D eigenvalue weighted by Crippen LogP contribution is 2.22. The number of benzene rings is 1. The Morgan fingerprint density at radius 2 is 2.11 bits per heavy atom. The molecule has 0 atom stereocenters. The van der Waals surface area contributed by atoms with Gasteiger partial charge in [-0.2, -0.15) is 9.97 Å². The third-order valence-electron chi connectivity index (χ3n) is 2.95. The van der Waals surface area contributed by atoms with Crippen molar-refractivity contribution in [3.05, 3.63) is 47.4 Å². The zero-order valence-corrected chi connectivity index (χ0v) is 10.0. The summed E-state index contributed by atoms with van der Waals surface area (Å²) in [7, 11) is 0. The lowest BCUT2D eigenvalue weighted by Crippen LogP contribution is -2.02. The fourth-order valence-corrected chi connectivity index (χ4v) is 2.01. The van der Waals surface area contributed by atoms with Gasteiger partial charge in [-0.25, -0.2) is 4.39 Å². The van der Waals surface area contributed by atoms with Crippen LogP contribution in [0.4, 0.5) is 10.2 Å². The summed E-state index contributed by atoms with van der Waals surface area (Å²) in [6, 6.07) is 7.93. The van der Waals surface area contributed by atoms with Crippen LogP contribution in [-0.2, 0) is 6.42 Å². The van der Waals surface area contributed by atoms with E-state index in [1.165, 1.54) is 5.56 Å². The third kappa shape index (κ3) is 2.24. The largest absolute Gasteiger partial charge is 0.381 e. The summed E-state index contributed by atoms with van der Waals surface area (Å²) < 4.78 is 12.9. The van der Waals surface area contributed by atoms with E-state index in [2.05, 4.69) is 21.2 Å². The molecule has 96 valence electrons. The van der Waals surface area contributed by atoms with Crippen LogP contribution < -0.4 is 10.6 Å². The molecule has 2 aromatic rings. The lowest BCUT2D eigenvalue weighted by molar-refractivity contribution is 0.311. The zero-order valence-electron chi connectivity index (χ0n) is 10.0. The fraction of sp³-hybridized carbons (Fsp3) is 0.154. The first-order valence-corrected chi connectivity index (χ1v) is 5.84. The Bertz CT molecular complexity index is 657. The number of nitrogen functional groups attached to an aromatic ring is 1. The fourth-order valence-electron chi connectivity index (χ4n) is 2.01. The van der Waals surface area contributed by atoms with E-state index in [4.69, 9.17) is 10.6 Å². The van der Waals surface area contributed by atoms with Gasteiger partial charge in [-0.1, -0.05) is 29.4 Å². The molecule has 19 heavy (non-hydrogen) atoms. The van der Waals surface area contributed by atoms with Crippen LogP contribution in [-0.4, -0.2) is 15.7 Å². The molecule has 0 fully saturated rings. The Morgan fingerprint density at radius 3 is 2.95 bits per heavy atom. The van der Waals surface area contributed by atoms with Crippen molar-refractivity contribution in [2.45, 2.75) is 12.8 Å². The minimum Gasteiger partial charge on any atom is -0.381 e. The van der Waals surface area contributed by atoms with E-state index < -0.39 is 5.82 Å². The van der Waals surface area contributed by atoms with Crippen molar-refractivity contribution in [1.29, 1.82) is 0 Å². The molecular formula is C13H11FN4O. The Balaban J connectivity index is 1.82. The summed E-state index contributed by atoms with van der Waals surface area (Å²) >= 11 is 0. The molecule has 6 heteroatoms. The molecule has 0 amide bonds. The Labute approximate surface area is 108 Å². The molecule has 0 aliphatic heterocycles. The summed E-state index contributed by atoms with van der Waals surface area (Å²) in [5, 5.41) is 4.02. The molecule has 2 N–H and O–H groups in total. The van der Waals surface area contributed by atoms with Crippen LogP contribution in [0.25, 0.3) is 0 Å². The normalized spacial score (nSPS) is 15.5. The van der Waals surface area contributed by atoms with Gasteiger partial charge in [-0.05, 0) is 18.4 Å². The van der Waals surface area contributed by atoms with Gasteiger partial charge in [-0.15, -0.1) is 0 Å². The van der Waals surface area contributed by atoms with Crippen molar-refractivity contribution < 1.29 is 9.23 Å². The lowest BCUT2D eigenvalue weighted by atomic mass is 10.1. The summed E-state index contributed by atoms with van der Waals surface area (Å²) in [6.45, 7) is 0. The van der Waals surface area contributed by atoms with Crippen LogP contribution in [0.2, 0.25) is 0 Å². The summed E-state index contributed by atoms with van der Waals surface area (Å²) in [6.07, 6.45) is 2.70. The Hall–Kier alpha value is -2.50. The number of aryl methyl sites for hydroxylation is 1. The number of halogens is 1. The first-order valence-electron chi connectivity index (χ1n) is 5.84. The first-order chi connectivity index (χ1) is 9.24. The molecule has 1 aromatic carbocycles. The Kier molecular flexibility index (Phi) is 2.83. The van der Waals surface area contributed by atoms with Gasteiger partial charge in [0, 0.05) is 5.56 Å². The van der Waals surface area contributed by atoms with Crippen LogP contribution in [0, 0.1) is 5.82 Å². The van der Waals surface area contributed by atoms with Crippen LogP contribution in [0.1, 0.15) is 17.5 Å². The smallest absolute Gasteiger partial charge is 0.347 e. The van der Waals surface area contributed by atoms with Crippen LogP contribution >= 0.6 is 0 Å². The first kappa shape index (κ1) is 11.6. The summed E-state index contributed by atoms with van der Waals surface area (Å²) in [5.74, 6) is -0.928. The number of hydrogen-bond donors (Lipinski definition) is 1. The molecule has 1 aliphatic carbocycles. The molecule has 1 aliphatic rings. The van der Waals surface area contributed by atoms with Crippen molar-refractivity contribution in [3.63, 3.8) is 0 Å². The van der Waals surface area contributed by atoms with E-state index in [1.807, 2.05) is 18.2 Å². The van der Waals surface area contributed by atoms with E-state index in [1.54, 1.807) is 0 Å². The molecule has 5 nitrogen and oxygen atoms in total. The average Bonchev–Trinajstić information content (AvgIpc) is 2.83. The number of aromatic nitrogens is 2. The maximum absolute atomic E-state index is 12.9. The average molecular weight is 258 g/mol. The Morgan fingerprint density at radius 1 is 1.26 bits per heavy atom. The van der Waals surface area contributed by atoms with Gasteiger partial charge in [0.25, 0.3) is 0 Å². The summed E-state index contributed by atoms with van der Waals surface area (Å²) in [5.41, 5.74) is 8.47. The maximum Gasteiger partial charge on any atom is 0.347 e. The van der Waals surface area contributed by atoms with Gasteiger partial charge in [0.15, 0.2) is 11.6 Å². The van der Waals surface area contributed by atoms with Crippen molar-refractivity contribution in [2.24, 2.45) is 5.16 Å². The van der Waals surface area contributed by atoms with Crippen molar-refractivity contribution in [2.75, 3.05) is 5.73 Å². The molecule has 3 rings (SSSR count). The summed E-state index contributed by atoms with van der Waals surface area (Å²) in [4.78, 5) is 12.4. The highest BCUT2D eigenvalue weighted by Gasteiger charge is 2.17. The number of hydrogen-bond acceptors (Lipinski definition) is 5. The quantitative estimate of drug-likeness (QED) is 0.835. The van der Waals surface area contributed by atoms with Gasteiger partial charge >= 0.3 is 6.01 Å². The topological polar surface area (TPSA) is 73.4 Å². The lowest BCUT2D eigenvalue weighted by Gasteiger charge is -2.01. The van der Waals surface area contributed by atoms with E-state index in [9.17, 15) is 4.39 Å². The second-order valence-corrected chi connectivity index (χ2v) is 4.17. The maximum atomic E-state index is 12.9. The van der Waals surface area contributed by atoms with Crippen LogP contribution in [0.15, 0.2) is 35.6 Å². The second-order valence-electron chi connectivity index (χ2n) is 4.17. The number of fused-ring (bicyclic) bond motifs is 1. The molecule has 0 unspecified atom stereocenters. The molecule has 0 radical (unpaired) electrons. The number of nitrogens with two attached hydrogens (primary N) is 1. The van der Waals surface area contributed by atoms with E-state index in [0.717, 1.165) is 30.3 Å². The molecular weight excluding hydrogens is 247 g/mol. The van der Waals surface area contributed by atoms with Gasteiger partial charge in [-0.3, -0.25) is 0 Å². The van der Waals surface area contributed by atoms with Gasteiger partial charge in [0.2, 0.25) is 0 Å². The van der Waals surface area contributed by atoms with Crippen molar-refractivity contribution >= 4 is 11.5 Å². The predicted octanol–water partition coefficient (Wildman–Crippen LogP) is 1.93. The highest BCUT2D eigenvalue weighted by molar-refractivity contribution is 6.04. The van der Waals surface area contributed by atoms with Crippen molar-refractivity contribution in [1.82, 2.24) is 9.97 Å².